The molecule has 1 aromatic carbocycles. The molecule has 2 N–H and O–H groups in total. The normalized spacial score (nSPS) is 20.9. The molecule has 0 saturated carbocycles. The molecule has 0 bridgehead atoms. The number of aryl methyl sites for hydroxylation is 1. The summed E-state index contributed by atoms with van der Waals surface area (Å²) >= 11 is 1.47. The maximum Gasteiger partial charge on any atom is 0.129 e. The Morgan fingerprint density at radius 1 is 1.00 bits per heavy atom. The van der Waals surface area contributed by atoms with Gasteiger partial charge in [-0.05, 0) is 48.4 Å². The summed E-state index contributed by atoms with van der Waals surface area (Å²) in [5.41, 5.74) is 1.60. The van der Waals surface area contributed by atoms with Gasteiger partial charge in [0.15, 0.2) is 0 Å². The molecule has 3 heteroatoms. The summed E-state index contributed by atoms with van der Waals surface area (Å²) in [6.07, 6.45) is 3.67. The van der Waals surface area contributed by atoms with E-state index in [0.29, 0.717) is 0 Å². The molecular weight excluding hydrogens is 328 g/mol. The second-order valence-electron chi connectivity index (χ2n) is 9.28. The Balaban J connectivity index is 2.55. The van der Waals surface area contributed by atoms with Crippen LogP contribution >= 0.6 is 11.8 Å². The molecule has 138 valence electrons. The first-order valence-electron chi connectivity index (χ1n) is 8.86. The van der Waals surface area contributed by atoms with E-state index in [0.717, 1.165) is 20.9 Å². The van der Waals surface area contributed by atoms with Crippen LogP contribution in [0.15, 0.2) is 45.7 Å². The van der Waals surface area contributed by atoms with Crippen LogP contribution in [-0.4, -0.2) is 16.3 Å². The Kier molecular flexibility index (Phi) is 5.24. The fourth-order valence-corrected chi connectivity index (χ4v) is 5.51. The molecule has 1 aliphatic rings. The van der Waals surface area contributed by atoms with Crippen molar-refractivity contribution in [1.82, 2.24) is 0 Å². The number of hydrogen-bond acceptors (Lipinski definition) is 3. The van der Waals surface area contributed by atoms with Gasteiger partial charge in [-0.1, -0.05) is 71.0 Å². The van der Waals surface area contributed by atoms with Gasteiger partial charge in [0.25, 0.3) is 0 Å². The predicted molar refractivity (Wildman–Crippen MR) is 108 cm³/mol. The highest BCUT2D eigenvalue weighted by molar-refractivity contribution is 8.03. The van der Waals surface area contributed by atoms with Crippen molar-refractivity contribution in [3.05, 3.63) is 46.4 Å². The van der Waals surface area contributed by atoms with Gasteiger partial charge in [-0.15, -0.1) is 0 Å². The average Bonchev–Trinajstić information content (AvgIpc) is 2.43. The Bertz CT molecular complexity index is 701. The van der Waals surface area contributed by atoms with Gasteiger partial charge < -0.3 is 10.2 Å². The number of rotatable bonds is 2. The molecule has 0 saturated heterocycles. The number of thioether (sulfide) groups is 1. The fourth-order valence-electron chi connectivity index (χ4n) is 4.30. The number of benzene rings is 1. The molecule has 1 unspecified atom stereocenters. The van der Waals surface area contributed by atoms with E-state index in [4.69, 9.17) is 0 Å². The van der Waals surface area contributed by atoms with Crippen molar-refractivity contribution in [1.29, 1.82) is 0 Å². The monoisotopic (exact) mass is 360 g/mol. The maximum atomic E-state index is 11.5. The quantitative estimate of drug-likeness (QED) is 0.672. The highest BCUT2D eigenvalue weighted by Gasteiger charge is 2.55. The standard InChI is InChI=1S/C22H32O2S/c1-14-9-10-16(23)17(11-14)25-18-12-15(2)13-22(19(18)24,20(3,4)5)21(6,7)8/h9-13,19,23-24H,1-8H3. The van der Waals surface area contributed by atoms with Gasteiger partial charge in [-0.3, -0.25) is 0 Å². The second kappa shape index (κ2) is 6.51. The molecule has 1 atom stereocenters. The van der Waals surface area contributed by atoms with Crippen LogP contribution in [-0.2, 0) is 0 Å². The van der Waals surface area contributed by atoms with E-state index in [-0.39, 0.29) is 16.6 Å². The maximum absolute atomic E-state index is 11.5. The lowest BCUT2D eigenvalue weighted by Crippen LogP contribution is -2.54. The lowest BCUT2D eigenvalue weighted by Gasteiger charge is -2.56. The first-order valence-corrected chi connectivity index (χ1v) is 9.68. The van der Waals surface area contributed by atoms with Crippen LogP contribution in [0.25, 0.3) is 0 Å². The molecule has 0 spiro atoms. The summed E-state index contributed by atoms with van der Waals surface area (Å²) in [5, 5.41) is 21.7. The van der Waals surface area contributed by atoms with Gasteiger partial charge in [0.05, 0.1) is 11.0 Å². The summed E-state index contributed by atoms with van der Waals surface area (Å²) in [7, 11) is 0. The van der Waals surface area contributed by atoms with Crippen molar-refractivity contribution in [2.45, 2.75) is 66.4 Å². The van der Waals surface area contributed by atoms with Gasteiger partial charge in [0.1, 0.15) is 5.75 Å². The minimum atomic E-state index is -0.624. The number of phenols is 1. The first-order chi connectivity index (χ1) is 11.3. The zero-order valence-electron chi connectivity index (χ0n) is 16.8. The van der Waals surface area contributed by atoms with E-state index in [2.05, 4.69) is 54.5 Å². The zero-order valence-corrected chi connectivity index (χ0v) is 17.6. The molecule has 0 amide bonds. The summed E-state index contributed by atoms with van der Waals surface area (Å²) in [5.74, 6) is 0.257. The summed E-state index contributed by atoms with van der Waals surface area (Å²) in [6, 6.07) is 5.58. The minimum Gasteiger partial charge on any atom is -0.507 e. The molecule has 2 nitrogen and oxygen atoms in total. The first kappa shape index (κ1) is 20.1. The molecule has 0 heterocycles. The SMILES string of the molecule is CC1=CC(C(C)(C)C)(C(C)(C)C)C(O)C(Sc2cc(C)ccc2O)=C1. The van der Waals surface area contributed by atoms with Crippen molar-refractivity contribution in [3.63, 3.8) is 0 Å². The van der Waals surface area contributed by atoms with Crippen molar-refractivity contribution in [3.8, 4) is 5.75 Å². The largest absolute Gasteiger partial charge is 0.507 e. The topological polar surface area (TPSA) is 40.5 Å². The molecule has 2 rings (SSSR count). The summed E-state index contributed by atoms with van der Waals surface area (Å²) in [6.45, 7) is 17.3. The highest BCUT2D eigenvalue weighted by atomic mass is 32.2. The van der Waals surface area contributed by atoms with E-state index in [1.807, 2.05) is 25.1 Å². The van der Waals surface area contributed by atoms with Crippen LogP contribution in [0.3, 0.4) is 0 Å². The minimum absolute atomic E-state index is 0.124. The van der Waals surface area contributed by atoms with Gasteiger partial charge in [-0.2, -0.15) is 0 Å². The van der Waals surface area contributed by atoms with Crippen LogP contribution in [0.4, 0.5) is 0 Å². The van der Waals surface area contributed by atoms with E-state index in [1.165, 1.54) is 11.8 Å². The molecule has 0 fully saturated rings. The number of phenolic OH excluding ortho intramolecular Hbond substituents is 1. The molecule has 1 aliphatic carbocycles. The van der Waals surface area contributed by atoms with Crippen molar-refractivity contribution >= 4 is 11.8 Å². The zero-order chi connectivity index (χ0) is 19.2. The lowest BCUT2D eigenvalue weighted by molar-refractivity contribution is -0.0728. The van der Waals surface area contributed by atoms with E-state index in [9.17, 15) is 10.2 Å². The highest BCUT2D eigenvalue weighted by Crippen LogP contribution is 2.60. The molecule has 0 aliphatic heterocycles. The van der Waals surface area contributed by atoms with Gasteiger partial charge in [0.2, 0.25) is 0 Å². The third-order valence-electron chi connectivity index (χ3n) is 5.35. The predicted octanol–water partition coefficient (Wildman–Crippen LogP) is 6.08. The van der Waals surface area contributed by atoms with Gasteiger partial charge in [0, 0.05) is 10.3 Å². The number of allylic oxidation sites excluding steroid dienone is 2. The van der Waals surface area contributed by atoms with Gasteiger partial charge in [-0.25, -0.2) is 0 Å². The third kappa shape index (κ3) is 3.54. The lowest BCUT2D eigenvalue weighted by atomic mass is 9.50. The number of aliphatic hydroxyl groups excluding tert-OH is 1. The second-order valence-corrected chi connectivity index (χ2v) is 10.4. The molecule has 1 aromatic rings. The third-order valence-corrected chi connectivity index (χ3v) is 6.47. The number of aromatic hydroxyl groups is 1. The average molecular weight is 361 g/mol. The van der Waals surface area contributed by atoms with Crippen molar-refractivity contribution in [2.75, 3.05) is 0 Å². The summed E-state index contributed by atoms with van der Waals surface area (Å²) in [4.78, 5) is 1.68. The van der Waals surface area contributed by atoms with Crippen LogP contribution in [0.2, 0.25) is 0 Å². The Morgan fingerprint density at radius 3 is 2.08 bits per heavy atom. The van der Waals surface area contributed by atoms with Crippen molar-refractivity contribution in [2.24, 2.45) is 16.2 Å². The number of aliphatic hydroxyl groups is 1. The molecule has 0 radical (unpaired) electrons. The van der Waals surface area contributed by atoms with Crippen LogP contribution < -0.4 is 0 Å². The van der Waals surface area contributed by atoms with E-state index < -0.39 is 11.5 Å². The van der Waals surface area contributed by atoms with Gasteiger partial charge >= 0.3 is 0 Å². The smallest absolute Gasteiger partial charge is 0.129 e. The van der Waals surface area contributed by atoms with Crippen molar-refractivity contribution < 1.29 is 10.2 Å². The Labute approximate surface area is 157 Å². The van der Waals surface area contributed by atoms with Crippen LogP contribution in [0, 0.1) is 23.2 Å². The van der Waals surface area contributed by atoms with Crippen LogP contribution in [0.1, 0.15) is 54.0 Å². The fraction of sp³-hybridized carbons (Fsp3) is 0.545. The Morgan fingerprint density at radius 2 is 1.56 bits per heavy atom. The number of hydrogen-bond donors (Lipinski definition) is 2. The van der Waals surface area contributed by atoms with E-state index in [1.54, 1.807) is 6.07 Å². The molecule has 25 heavy (non-hydrogen) atoms. The van der Waals surface area contributed by atoms with E-state index >= 15 is 0 Å². The molecule has 0 aromatic heterocycles. The van der Waals surface area contributed by atoms with Crippen LogP contribution in [0.5, 0.6) is 5.75 Å². The summed E-state index contributed by atoms with van der Waals surface area (Å²) < 4.78 is 0. The molecular formula is C22H32O2S. The Hall–Kier alpha value is -1.19.